The number of guanidine groups is 1. The lowest BCUT2D eigenvalue weighted by molar-refractivity contribution is 0.409. The van der Waals surface area contributed by atoms with Gasteiger partial charge in [-0.05, 0) is 38.8 Å². The second-order valence-electron chi connectivity index (χ2n) is 5.43. The van der Waals surface area contributed by atoms with Gasteiger partial charge in [0.15, 0.2) is 5.96 Å². The SMILES string of the molecule is CCNC(=NCc1sc(C)nc1C)NCCc1ccccc1OC.I. The van der Waals surface area contributed by atoms with E-state index in [-0.39, 0.29) is 24.0 Å². The number of para-hydroxylation sites is 1. The molecular formula is C18H27IN4OS. The molecule has 1 aromatic heterocycles. The highest BCUT2D eigenvalue weighted by atomic mass is 127. The van der Waals surface area contributed by atoms with Gasteiger partial charge in [0.25, 0.3) is 0 Å². The molecule has 0 unspecified atom stereocenters. The molecule has 0 spiro atoms. The van der Waals surface area contributed by atoms with E-state index < -0.39 is 0 Å². The molecule has 0 bridgehead atoms. The Morgan fingerprint density at radius 1 is 1.24 bits per heavy atom. The van der Waals surface area contributed by atoms with Crippen LogP contribution in [0.2, 0.25) is 0 Å². The van der Waals surface area contributed by atoms with Gasteiger partial charge in [0.1, 0.15) is 5.75 Å². The maximum absolute atomic E-state index is 5.39. The average Bonchev–Trinajstić information content (AvgIpc) is 2.90. The van der Waals surface area contributed by atoms with Crippen LogP contribution in [0.4, 0.5) is 0 Å². The van der Waals surface area contributed by atoms with Crippen molar-refractivity contribution in [1.29, 1.82) is 0 Å². The molecule has 0 atom stereocenters. The number of ether oxygens (including phenoxy) is 1. The number of halogens is 1. The number of aliphatic imine (C=N–C) groups is 1. The van der Waals surface area contributed by atoms with Gasteiger partial charge in [0, 0.05) is 18.0 Å². The molecule has 0 aliphatic rings. The lowest BCUT2D eigenvalue weighted by Crippen LogP contribution is -2.38. The summed E-state index contributed by atoms with van der Waals surface area (Å²) in [7, 11) is 1.71. The fourth-order valence-electron chi connectivity index (χ4n) is 2.44. The summed E-state index contributed by atoms with van der Waals surface area (Å²) in [5.74, 6) is 1.76. The quantitative estimate of drug-likeness (QED) is 0.365. The Hall–Kier alpha value is -1.35. The molecule has 2 rings (SSSR count). The largest absolute Gasteiger partial charge is 0.496 e. The third-order valence-corrected chi connectivity index (χ3v) is 4.66. The van der Waals surface area contributed by atoms with Crippen molar-refractivity contribution < 1.29 is 4.74 Å². The lowest BCUT2D eigenvalue weighted by Gasteiger charge is -2.12. The Labute approximate surface area is 171 Å². The Balaban J connectivity index is 0.00000312. The van der Waals surface area contributed by atoms with E-state index in [0.717, 1.165) is 41.9 Å². The van der Waals surface area contributed by atoms with Gasteiger partial charge in [0.05, 0.1) is 24.4 Å². The molecule has 1 heterocycles. The average molecular weight is 474 g/mol. The van der Waals surface area contributed by atoms with Crippen molar-refractivity contribution in [3.05, 3.63) is 45.4 Å². The molecule has 2 N–H and O–H groups in total. The van der Waals surface area contributed by atoms with Crippen molar-refractivity contribution in [1.82, 2.24) is 15.6 Å². The number of thiazole rings is 1. The first-order valence-electron chi connectivity index (χ1n) is 8.21. The topological polar surface area (TPSA) is 58.5 Å². The smallest absolute Gasteiger partial charge is 0.191 e. The molecule has 0 radical (unpaired) electrons. The summed E-state index contributed by atoms with van der Waals surface area (Å²) < 4.78 is 5.39. The minimum absolute atomic E-state index is 0. The summed E-state index contributed by atoms with van der Waals surface area (Å²) >= 11 is 1.71. The maximum atomic E-state index is 5.39. The van der Waals surface area contributed by atoms with Crippen LogP contribution in [0.1, 0.15) is 28.1 Å². The van der Waals surface area contributed by atoms with Gasteiger partial charge < -0.3 is 15.4 Å². The van der Waals surface area contributed by atoms with Crippen LogP contribution >= 0.6 is 35.3 Å². The number of benzene rings is 1. The van der Waals surface area contributed by atoms with Gasteiger partial charge in [-0.1, -0.05) is 18.2 Å². The molecule has 0 aliphatic heterocycles. The first-order valence-corrected chi connectivity index (χ1v) is 9.02. The van der Waals surface area contributed by atoms with Crippen molar-refractivity contribution >= 4 is 41.3 Å². The molecule has 0 fully saturated rings. The summed E-state index contributed by atoms with van der Waals surface area (Å²) in [6.07, 6.45) is 0.882. The van der Waals surface area contributed by atoms with Gasteiger partial charge in [-0.2, -0.15) is 0 Å². The first kappa shape index (κ1) is 21.7. The number of aromatic nitrogens is 1. The second-order valence-corrected chi connectivity index (χ2v) is 6.71. The number of nitrogens with one attached hydrogen (secondary N) is 2. The van der Waals surface area contributed by atoms with Crippen LogP contribution in [0.25, 0.3) is 0 Å². The van der Waals surface area contributed by atoms with Gasteiger partial charge in [0.2, 0.25) is 0 Å². The van der Waals surface area contributed by atoms with Crippen molar-refractivity contribution in [2.24, 2.45) is 4.99 Å². The van der Waals surface area contributed by atoms with Crippen LogP contribution in [-0.4, -0.2) is 31.1 Å². The monoisotopic (exact) mass is 474 g/mol. The Kier molecular flexibility index (Phi) is 9.81. The third kappa shape index (κ3) is 6.81. The first-order chi connectivity index (χ1) is 11.6. The van der Waals surface area contributed by atoms with Crippen LogP contribution in [0.3, 0.4) is 0 Å². The minimum Gasteiger partial charge on any atom is -0.496 e. The Morgan fingerprint density at radius 3 is 2.64 bits per heavy atom. The summed E-state index contributed by atoms with van der Waals surface area (Å²) in [4.78, 5) is 10.3. The highest BCUT2D eigenvalue weighted by Crippen LogP contribution is 2.18. The third-order valence-electron chi connectivity index (χ3n) is 3.60. The van der Waals surface area contributed by atoms with E-state index in [0.29, 0.717) is 6.54 Å². The van der Waals surface area contributed by atoms with E-state index in [2.05, 4.69) is 33.6 Å². The maximum Gasteiger partial charge on any atom is 0.191 e. The van der Waals surface area contributed by atoms with Gasteiger partial charge in [-0.15, -0.1) is 35.3 Å². The van der Waals surface area contributed by atoms with Crippen molar-refractivity contribution in [2.45, 2.75) is 33.7 Å². The molecule has 0 aliphatic carbocycles. The summed E-state index contributed by atoms with van der Waals surface area (Å²) in [5.41, 5.74) is 2.27. The summed E-state index contributed by atoms with van der Waals surface area (Å²) in [5, 5.41) is 7.76. The molecular weight excluding hydrogens is 447 g/mol. The van der Waals surface area contributed by atoms with Gasteiger partial charge in [-0.3, -0.25) is 0 Å². The summed E-state index contributed by atoms with van der Waals surface area (Å²) in [6, 6.07) is 8.10. The van der Waals surface area contributed by atoms with Gasteiger partial charge >= 0.3 is 0 Å². The number of methoxy groups -OCH3 is 1. The number of hydrogen-bond donors (Lipinski definition) is 2. The van der Waals surface area contributed by atoms with Crippen LogP contribution in [0.5, 0.6) is 5.75 Å². The Bertz CT molecular complexity index is 687. The molecule has 0 saturated carbocycles. The van der Waals surface area contributed by atoms with Gasteiger partial charge in [-0.25, -0.2) is 9.98 Å². The standard InChI is InChI=1S/C18H26N4OS.HI/c1-5-19-18(21-12-17-13(2)22-14(3)24-17)20-11-10-15-8-6-7-9-16(15)23-4;/h6-9H,5,10-12H2,1-4H3,(H2,19,20,21);1H. The highest BCUT2D eigenvalue weighted by Gasteiger charge is 2.05. The lowest BCUT2D eigenvalue weighted by atomic mass is 10.1. The van der Waals surface area contributed by atoms with E-state index >= 15 is 0 Å². The molecule has 0 amide bonds. The number of nitrogens with zero attached hydrogens (tertiary/aromatic N) is 2. The number of aryl methyl sites for hydroxylation is 2. The normalized spacial score (nSPS) is 11.0. The zero-order chi connectivity index (χ0) is 17.4. The predicted molar refractivity (Wildman–Crippen MR) is 117 cm³/mol. The molecule has 1 aromatic carbocycles. The van der Waals surface area contributed by atoms with E-state index in [4.69, 9.17) is 4.74 Å². The molecule has 7 heteroatoms. The molecule has 25 heavy (non-hydrogen) atoms. The highest BCUT2D eigenvalue weighted by molar-refractivity contribution is 14.0. The van der Waals surface area contributed by atoms with Crippen molar-refractivity contribution in [3.8, 4) is 5.75 Å². The summed E-state index contributed by atoms with van der Waals surface area (Å²) in [6.45, 7) is 8.42. The number of rotatable bonds is 7. The van der Waals surface area contributed by atoms with Crippen molar-refractivity contribution in [2.75, 3.05) is 20.2 Å². The molecule has 5 nitrogen and oxygen atoms in total. The minimum atomic E-state index is 0. The molecule has 0 saturated heterocycles. The van der Waals surface area contributed by atoms with E-state index in [1.165, 1.54) is 10.4 Å². The van der Waals surface area contributed by atoms with Crippen molar-refractivity contribution in [3.63, 3.8) is 0 Å². The zero-order valence-electron chi connectivity index (χ0n) is 15.3. The predicted octanol–water partition coefficient (Wildman–Crippen LogP) is 3.68. The Morgan fingerprint density at radius 2 is 2.00 bits per heavy atom. The van der Waals surface area contributed by atoms with Crippen LogP contribution in [0, 0.1) is 13.8 Å². The fourth-order valence-corrected chi connectivity index (χ4v) is 3.30. The fraction of sp³-hybridized carbons (Fsp3) is 0.444. The van der Waals surface area contributed by atoms with Crippen LogP contribution < -0.4 is 15.4 Å². The van der Waals surface area contributed by atoms with E-state index in [1.807, 2.05) is 32.0 Å². The zero-order valence-corrected chi connectivity index (χ0v) is 18.4. The number of hydrogen-bond acceptors (Lipinski definition) is 4. The second kappa shape index (κ2) is 11.3. The van der Waals surface area contributed by atoms with Crippen LogP contribution in [0.15, 0.2) is 29.3 Å². The van der Waals surface area contributed by atoms with E-state index in [9.17, 15) is 0 Å². The molecule has 138 valence electrons. The van der Waals surface area contributed by atoms with Crippen LogP contribution in [-0.2, 0) is 13.0 Å². The van der Waals surface area contributed by atoms with E-state index in [1.54, 1.807) is 18.4 Å². The molecule has 2 aromatic rings.